The maximum absolute atomic E-state index is 8.93. The maximum Gasteiger partial charge on any atom is 0.107 e. The van der Waals surface area contributed by atoms with Gasteiger partial charge in [-0.3, -0.25) is 5.32 Å². The molecule has 2 heteroatoms. The molecule has 0 fully saturated rings. The van der Waals surface area contributed by atoms with Gasteiger partial charge in [-0.25, -0.2) is 0 Å². The Morgan fingerprint density at radius 1 is 1.67 bits per heavy atom. The highest BCUT2D eigenvalue weighted by molar-refractivity contribution is 5.08. The molecule has 0 aromatic heterocycles. The van der Waals surface area contributed by atoms with Crippen LogP contribution in [0.1, 0.15) is 27.2 Å². The van der Waals surface area contributed by atoms with Gasteiger partial charge in [0.2, 0.25) is 0 Å². The quantitative estimate of drug-likeness (QED) is 0.640. The fourth-order valence-corrected chi connectivity index (χ4v) is 0.967. The molecule has 0 spiro atoms. The van der Waals surface area contributed by atoms with Gasteiger partial charge in [-0.15, -0.1) is 6.42 Å². The molecule has 0 aliphatic rings. The summed E-state index contributed by atoms with van der Waals surface area (Å²) in [6.45, 7) is 6.46. The van der Waals surface area contributed by atoms with Crippen molar-refractivity contribution in [2.45, 2.75) is 32.7 Å². The molecule has 0 aliphatic carbocycles. The number of hydrogen-bond donors (Lipinski definition) is 1. The van der Waals surface area contributed by atoms with E-state index < -0.39 is 5.54 Å². The highest BCUT2D eigenvalue weighted by Crippen LogP contribution is 2.18. The SMILES string of the molecule is C#CCNC(C)(C#N)C(C)CC. The number of rotatable bonds is 4. The topological polar surface area (TPSA) is 35.8 Å². The Morgan fingerprint density at radius 3 is 2.58 bits per heavy atom. The fraction of sp³-hybridized carbons (Fsp3) is 0.700. The van der Waals surface area contributed by atoms with Gasteiger partial charge in [-0.2, -0.15) is 5.26 Å². The lowest BCUT2D eigenvalue weighted by Crippen LogP contribution is -2.46. The van der Waals surface area contributed by atoms with Crippen LogP contribution in [-0.2, 0) is 0 Å². The molecule has 0 aromatic rings. The van der Waals surface area contributed by atoms with E-state index in [0.29, 0.717) is 12.5 Å². The molecule has 0 bridgehead atoms. The van der Waals surface area contributed by atoms with Crippen molar-refractivity contribution in [3.05, 3.63) is 0 Å². The summed E-state index contributed by atoms with van der Waals surface area (Å²) in [6.07, 6.45) is 6.08. The van der Waals surface area contributed by atoms with Crippen LogP contribution in [0.3, 0.4) is 0 Å². The minimum absolute atomic E-state index is 0.316. The first-order valence-electron chi connectivity index (χ1n) is 4.20. The zero-order valence-electron chi connectivity index (χ0n) is 8.02. The Bertz CT molecular complexity index is 209. The van der Waals surface area contributed by atoms with Crippen LogP contribution < -0.4 is 5.32 Å². The normalized spacial score (nSPS) is 17.1. The molecule has 0 aromatic carbocycles. The van der Waals surface area contributed by atoms with Crippen LogP contribution in [0, 0.1) is 29.6 Å². The summed E-state index contributed by atoms with van der Waals surface area (Å²) in [6, 6.07) is 2.26. The molecular weight excluding hydrogens is 148 g/mol. The number of nitrogens with zero attached hydrogens (tertiary/aromatic N) is 1. The van der Waals surface area contributed by atoms with Gasteiger partial charge in [-0.05, 0) is 12.8 Å². The zero-order valence-corrected chi connectivity index (χ0v) is 8.02. The summed E-state index contributed by atoms with van der Waals surface area (Å²) < 4.78 is 0. The van der Waals surface area contributed by atoms with Gasteiger partial charge in [0.05, 0.1) is 12.6 Å². The molecular formula is C10H16N2. The lowest BCUT2D eigenvalue weighted by atomic mass is 9.86. The van der Waals surface area contributed by atoms with E-state index in [4.69, 9.17) is 11.7 Å². The Balaban J connectivity index is 4.28. The molecule has 0 rings (SSSR count). The largest absolute Gasteiger partial charge is 0.288 e. The first-order chi connectivity index (χ1) is 5.60. The van der Waals surface area contributed by atoms with Crippen molar-refractivity contribution < 1.29 is 0 Å². The van der Waals surface area contributed by atoms with Gasteiger partial charge in [-0.1, -0.05) is 26.2 Å². The fourth-order valence-electron chi connectivity index (χ4n) is 0.967. The van der Waals surface area contributed by atoms with Crippen LogP contribution in [0.25, 0.3) is 0 Å². The lowest BCUT2D eigenvalue weighted by Gasteiger charge is -2.28. The van der Waals surface area contributed by atoms with Gasteiger partial charge in [0.25, 0.3) is 0 Å². The molecule has 12 heavy (non-hydrogen) atoms. The van der Waals surface area contributed by atoms with Gasteiger partial charge in [0, 0.05) is 0 Å². The summed E-state index contributed by atoms with van der Waals surface area (Å²) in [5.74, 6) is 2.79. The Morgan fingerprint density at radius 2 is 2.25 bits per heavy atom. The number of nitrogens with one attached hydrogen (secondary N) is 1. The molecule has 1 N–H and O–H groups in total. The molecule has 2 nitrogen and oxygen atoms in total. The van der Waals surface area contributed by atoms with E-state index in [2.05, 4.69) is 24.2 Å². The van der Waals surface area contributed by atoms with Crippen molar-refractivity contribution in [3.63, 3.8) is 0 Å². The van der Waals surface area contributed by atoms with Crippen molar-refractivity contribution >= 4 is 0 Å². The second-order valence-corrected chi connectivity index (χ2v) is 3.18. The molecule has 0 heterocycles. The van der Waals surface area contributed by atoms with E-state index >= 15 is 0 Å². The maximum atomic E-state index is 8.93. The van der Waals surface area contributed by atoms with Crippen molar-refractivity contribution in [3.8, 4) is 18.4 Å². The third-order valence-corrected chi connectivity index (χ3v) is 2.39. The lowest BCUT2D eigenvalue weighted by molar-refractivity contribution is 0.322. The number of nitriles is 1. The van der Waals surface area contributed by atoms with Crippen molar-refractivity contribution in [2.24, 2.45) is 5.92 Å². The van der Waals surface area contributed by atoms with E-state index in [0.717, 1.165) is 6.42 Å². The monoisotopic (exact) mass is 164 g/mol. The summed E-state index contributed by atoms with van der Waals surface area (Å²) in [5.41, 5.74) is -0.485. The molecule has 2 atom stereocenters. The predicted octanol–water partition coefficient (Wildman–Crippen LogP) is 1.54. The minimum Gasteiger partial charge on any atom is -0.288 e. The minimum atomic E-state index is -0.485. The average molecular weight is 164 g/mol. The number of hydrogen-bond acceptors (Lipinski definition) is 2. The third-order valence-electron chi connectivity index (χ3n) is 2.39. The third kappa shape index (κ3) is 2.57. The van der Waals surface area contributed by atoms with Crippen LogP contribution in [0.15, 0.2) is 0 Å². The summed E-state index contributed by atoms with van der Waals surface area (Å²) in [7, 11) is 0. The Hall–Kier alpha value is -0.990. The van der Waals surface area contributed by atoms with Gasteiger partial charge < -0.3 is 0 Å². The van der Waals surface area contributed by atoms with Crippen LogP contribution in [-0.4, -0.2) is 12.1 Å². The zero-order chi connectivity index (χ0) is 9.61. The second kappa shape index (κ2) is 4.80. The average Bonchev–Trinajstić information content (AvgIpc) is 2.12. The van der Waals surface area contributed by atoms with Crippen LogP contribution >= 0.6 is 0 Å². The summed E-state index contributed by atoms with van der Waals surface area (Å²) in [4.78, 5) is 0. The van der Waals surface area contributed by atoms with Crippen LogP contribution in [0.2, 0.25) is 0 Å². The van der Waals surface area contributed by atoms with Gasteiger partial charge in [0.1, 0.15) is 5.54 Å². The molecule has 66 valence electrons. The standard InChI is InChI=1S/C10H16N2/c1-5-7-12-10(4,8-11)9(3)6-2/h1,9,12H,6-7H2,2-4H3. The first-order valence-corrected chi connectivity index (χ1v) is 4.20. The molecule has 2 unspecified atom stereocenters. The van der Waals surface area contributed by atoms with Crippen molar-refractivity contribution in [1.82, 2.24) is 5.32 Å². The number of terminal acetylenes is 1. The first kappa shape index (κ1) is 11.0. The molecule has 0 saturated heterocycles. The summed E-state index contributed by atoms with van der Waals surface area (Å²) >= 11 is 0. The molecule has 0 saturated carbocycles. The van der Waals surface area contributed by atoms with Gasteiger partial charge >= 0.3 is 0 Å². The van der Waals surface area contributed by atoms with E-state index in [1.807, 2.05) is 13.8 Å². The van der Waals surface area contributed by atoms with Crippen LogP contribution in [0.5, 0.6) is 0 Å². The highest BCUT2D eigenvalue weighted by atomic mass is 15.0. The Labute approximate surface area is 75.0 Å². The van der Waals surface area contributed by atoms with Crippen LogP contribution in [0.4, 0.5) is 0 Å². The molecule has 0 aliphatic heterocycles. The predicted molar refractivity (Wildman–Crippen MR) is 50.3 cm³/mol. The second-order valence-electron chi connectivity index (χ2n) is 3.18. The van der Waals surface area contributed by atoms with E-state index in [9.17, 15) is 0 Å². The Kier molecular flexibility index (Phi) is 4.40. The smallest absolute Gasteiger partial charge is 0.107 e. The van der Waals surface area contributed by atoms with Crippen molar-refractivity contribution in [1.29, 1.82) is 5.26 Å². The van der Waals surface area contributed by atoms with Gasteiger partial charge in [0.15, 0.2) is 0 Å². The van der Waals surface area contributed by atoms with E-state index in [-0.39, 0.29) is 0 Å². The van der Waals surface area contributed by atoms with Crippen molar-refractivity contribution in [2.75, 3.05) is 6.54 Å². The molecule has 0 radical (unpaired) electrons. The highest BCUT2D eigenvalue weighted by Gasteiger charge is 2.28. The molecule has 0 amide bonds. The van der Waals surface area contributed by atoms with E-state index in [1.54, 1.807) is 0 Å². The van der Waals surface area contributed by atoms with E-state index in [1.165, 1.54) is 0 Å². The summed E-state index contributed by atoms with van der Waals surface area (Å²) in [5, 5.41) is 12.0.